The number of aliphatic hydroxyl groups is 1. The van der Waals surface area contributed by atoms with E-state index in [0.29, 0.717) is 19.5 Å². The molecule has 1 unspecified atom stereocenters. The Balaban J connectivity index is 2.58. The van der Waals surface area contributed by atoms with Gasteiger partial charge in [-0.25, -0.2) is 0 Å². The van der Waals surface area contributed by atoms with Crippen molar-refractivity contribution in [3.8, 4) is 0 Å². The van der Waals surface area contributed by atoms with E-state index in [2.05, 4.69) is 5.32 Å². The van der Waals surface area contributed by atoms with Gasteiger partial charge in [-0.1, -0.05) is 19.1 Å². The Hall–Kier alpha value is -1.43. The Morgan fingerprint density at radius 2 is 2.05 bits per heavy atom. The molecule has 0 bridgehead atoms. The van der Waals surface area contributed by atoms with E-state index >= 15 is 0 Å². The number of hydrogen-bond acceptors (Lipinski definition) is 4. The fraction of sp³-hybridized carbons (Fsp3) is 0.533. The topological polar surface area (TPSA) is 78.6 Å². The average molecular weight is 279 g/mol. The molecule has 0 aromatic heterocycles. The van der Waals surface area contributed by atoms with Crippen molar-refractivity contribution in [2.24, 2.45) is 5.73 Å². The van der Waals surface area contributed by atoms with Crippen LogP contribution in [0.15, 0.2) is 24.3 Å². The van der Waals surface area contributed by atoms with E-state index in [4.69, 9.17) is 10.8 Å². The van der Waals surface area contributed by atoms with E-state index in [9.17, 15) is 4.79 Å². The lowest BCUT2D eigenvalue weighted by molar-refractivity contribution is -0.120. The summed E-state index contributed by atoms with van der Waals surface area (Å²) in [5, 5.41) is 11.8. The fourth-order valence-corrected chi connectivity index (χ4v) is 2.04. The monoisotopic (exact) mass is 279 g/mol. The number of nitrogens with one attached hydrogen (secondary N) is 1. The normalized spacial score (nSPS) is 12.4. The molecule has 20 heavy (non-hydrogen) atoms. The second-order valence-electron chi connectivity index (χ2n) is 4.77. The molecule has 0 saturated carbocycles. The van der Waals surface area contributed by atoms with Crippen molar-refractivity contribution in [2.75, 3.05) is 25.0 Å². The number of likely N-dealkylation sites (N-methyl/N-ethyl adjacent to an activating group) is 1. The van der Waals surface area contributed by atoms with Crippen LogP contribution in [0, 0.1) is 0 Å². The molecule has 0 spiro atoms. The minimum Gasteiger partial charge on any atom is -0.396 e. The molecule has 5 nitrogen and oxygen atoms in total. The van der Waals surface area contributed by atoms with Gasteiger partial charge in [-0.05, 0) is 37.6 Å². The summed E-state index contributed by atoms with van der Waals surface area (Å²) in [6.45, 7) is 6.02. The zero-order valence-electron chi connectivity index (χ0n) is 12.3. The van der Waals surface area contributed by atoms with Crippen LogP contribution < -0.4 is 11.1 Å². The predicted octanol–water partition coefficient (Wildman–Crippen LogP) is 1.18. The van der Waals surface area contributed by atoms with Crippen LogP contribution in [0.1, 0.15) is 25.8 Å². The summed E-state index contributed by atoms with van der Waals surface area (Å²) >= 11 is 0. The van der Waals surface area contributed by atoms with Crippen LogP contribution in [0.4, 0.5) is 5.69 Å². The third-order valence-corrected chi connectivity index (χ3v) is 3.39. The molecule has 0 radical (unpaired) electrons. The number of carbonyl (C=O) groups excluding carboxylic acids is 1. The maximum absolute atomic E-state index is 12.2. The summed E-state index contributed by atoms with van der Waals surface area (Å²) in [4.78, 5) is 14.2. The Kier molecular flexibility index (Phi) is 7.22. The van der Waals surface area contributed by atoms with Crippen molar-refractivity contribution < 1.29 is 9.90 Å². The van der Waals surface area contributed by atoms with Gasteiger partial charge in [-0.15, -0.1) is 0 Å². The summed E-state index contributed by atoms with van der Waals surface area (Å²) in [6, 6.07) is 7.31. The first-order valence-electron chi connectivity index (χ1n) is 7.07. The molecular weight excluding hydrogens is 254 g/mol. The second-order valence-corrected chi connectivity index (χ2v) is 4.77. The number of carbonyl (C=O) groups is 1. The fourth-order valence-electron chi connectivity index (χ4n) is 2.04. The summed E-state index contributed by atoms with van der Waals surface area (Å²) < 4.78 is 0. The smallest absolute Gasteiger partial charge is 0.241 e. The van der Waals surface area contributed by atoms with Crippen LogP contribution in [0.25, 0.3) is 0 Å². The Morgan fingerprint density at radius 1 is 1.40 bits per heavy atom. The molecule has 0 fully saturated rings. The molecule has 1 rings (SSSR count). The summed E-state index contributed by atoms with van der Waals surface area (Å²) in [7, 11) is 0. The van der Waals surface area contributed by atoms with E-state index in [0.717, 1.165) is 17.8 Å². The maximum atomic E-state index is 12.2. The van der Waals surface area contributed by atoms with E-state index in [-0.39, 0.29) is 18.6 Å². The molecule has 0 aliphatic rings. The Labute approximate surface area is 120 Å². The van der Waals surface area contributed by atoms with Gasteiger partial charge in [0.1, 0.15) is 0 Å². The van der Waals surface area contributed by atoms with Crippen LogP contribution in [0.2, 0.25) is 0 Å². The Morgan fingerprint density at radius 3 is 2.55 bits per heavy atom. The third kappa shape index (κ3) is 4.92. The lowest BCUT2D eigenvalue weighted by atomic mass is 10.2. The number of amides is 1. The number of rotatable bonds is 8. The number of anilines is 1. The zero-order chi connectivity index (χ0) is 15.0. The van der Waals surface area contributed by atoms with Gasteiger partial charge in [0.15, 0.2) is 0 Å². The van der Waals surface area contributed by atoms with E-state index < -0.39 is 0 Å². The third-order valence-electron chi connectivity index (χ3n) is 3.39. The standard InChI is InChI=1S/C15H25N3O2/c1-3-18(9-4-10-19)12(2)15(20)17-14-7-5-13(11-16)6-8-14/h5-8,12,19H,3-4,9-11,16H2,1-2H3,(H,17,20). The highest BCUT2D eigenvalue weighted by molar-refractivity contribution is 5.94. The van der Waals surface area contributed by atoms with Crippen molar-refractivity contribution in [3.63, 3.8) is 0 Å². The average Bonchev–Trinajstić information content (AvgIpc) is 2.48. The highest BCUT2D eigenvalue weighted by atomic mass is 16.3. The maximum Gasteiger partial charge on any atom is 0.241 e. The van der Waals surface area contributed by atoms with Crippen molar-refractivity contribution >= 4 is 11.6 Å². The number of aliphatic hydroxyl groups excluding tert-OH is 1. The van der Waals surface area contributed by atoms with Gasteiger partial charge in [-0.3, -0.25) is 9.69 Å². The molecular formula is C15H25N3O2. The van der Waals surface area contributed by atoms with Gasteiger partial charge in [-0.2, -0.15) is 0 Å². The largest absolute Gasteiger partial charge is 0.396 e. The molecule has 0 heterocycles. The quantitative estimate of drug-likeness (QED) is 0.667. The van der Waals surface area contributed by atoms with E-state index in [1.54, 1.807) is 0 Å². The van der Waals surface area contributed by atoms with Crippen molar-refractivity contribution in [1.29, 1.82) is 0 Å². The van der Waals surface area contributed by atoms with Gasteiger partial charge in [0.05, 0.1) is 6.04 Å². The van der Waals surface area contributed by atoms with Gasteiger partial charge >= 0.3 is 0 Å². The lowest BCUT2D eigenvalue weighted by Gasteiger charge is -2.26. The molecule has 1 aromatic rings. The van der Waals surface area contributed by atoms with Crippen LogP contribution in [0.5, 0.6) is 0 Å². The molecule has 0 aliphatic heterocycles. The number of benzene rings is 1. The summed E-state index contributed by atoms with van der Waals surface area (Å²) in [5.41, 5.74) is 7.35. The molecule has 1 aromatic carbocycles. The van der Waals surface area contributed by atoms with Crippen LogP contribution in [0.3, 0.4) is 0 Å². The summed E-state index contributed by atoms with van der Waals surface area (Å²) in [6.07, 6.45) is 0.677. The Bertz CT molecular complexity index is 406. The lowest BCUT2D eigenvalue weighted by Crippen LogP contribution is -2.42. The molecule has 4 N–H and O–H groups in total. The van der Waals surface area contributed by atoms with Crippen LogP contribution >= 0.6 is 0 Å². The van der Waals surface area contributed by atoms with Gasteiger partial charge in [0.25, 0.3) is 0 Å². The van der Waals surface area contributed by atoms with Crippen molar-refractivity contribution in [1.82, 2.24) is 4.90 Å². The summed E-state index contributed by atoms with van der Waals surface area (Å²) in [5.74, 6) is -0.0368. The van der Waals surface area contributed by atoms with Crippen LogP contribution in [-0.4, -0.2) is 41.7 Å². The molecule has 0 aliphatic carbocycles. The minimum atomic E-state index is -0.222. The van der Waals surface area contributed by atoms with Crippen LogP contribution in [-0.2, 0) is 11.3 Å². The highest BCUT2D eigenvalue weighted by Gasteiger charge is 2.19. The minimum absolute atomic E-state index is 0.0368. The predicted molar refractivity (Wildman–Crippen MR) is 81.4 cm³/mol. The first kappa shape index (κ1) is 16.6. The number of nitrogens with two attached hydrogens (primary N) is 1. The molecule has 1 atom stereocenters. The highest BCUT2D eigenvalue weighted by Crippen LogP contribution is 2.11. The van der Waals surface area contributed by atoms with Crippen molar-refractivity contribution in [2.45, 2.75) is 32.9 Å². The number of hydrogen-bond donors (Lipinski definition) is 3. The van der Waals surface area contributed by atoms with Gasteiger partial charge in [0, 0.05) is 25.4 Å². The van der Waals surface area contributed by atoms with E-state index in [1.165, 1.54) is 0 Å². The second kappa shape index (κ2) is 8.68. The molecule has 0 saturated heterocycles. The zero-order valence-corrected chi connectivity index (χ0v) is 12.3. The molecule has 1 amide bonds. The van der Waals surface area contributed by atoms with E-state index in [1.807, 2.05) is 43.0 Å². The first-order chi connectivity index (χ1) is 9.62. The number of nitrogens with zero attached hydrogens (tertiary/aromatic N) is 1. The van der Waals surface area contributed by atoms with Gasteiger partial charge in [0.2, 0.25) is 5.91 Å². The first-order valence-corrected chi connectivity index (χ1v) is 7.07. The molecule has 112 valence electrons. The van der Waals surface area contributed by atoms with Crippen molar-refractivity contribution in [3.05, 3.63) is 29.8 Å². The van der Waals surface area contributed by atoms with Gasteiger partial charge < -0.3 is 16.2 Å². The SMILES string of the molecule is CCN(CCCO)C(C)C(=O)Nc1ccc(CN)cc1. The molecule has 5 heteroatoms.